The van der Waals surface area contributed by atoms with Crippen molar-refractivity contribution in [2.24, 2.45) is 11.7 Å². The summed E-state index contributed by atoms with van der Waals surface area (Å²) in [6.45, 7) is 1.25. The number of nitrogens with two attached hydrogens (primary N) is 1. The zero-order chi connectivity index (χ0) is 8.31. The minimum atomic E-state index is -1.32. The molecular formula is C5H10ClNO4. The van der Waals surface area contributed by atoms with E-state index in [-0.39, 0.29) is 12.4 Å². The van der Waals surface area contributed by atoms with Crippen molar-refractivity contribution in [2.75, 3.05) is 0 Å². The first-order valence-electron chi connectivity index (χ1n) is 2.68. The number of halogens is 1. The average molecular weight is 184 g/mol. The highest BCUT2D eigenvalue weighted by Crippen LogP contribution is 1.99. The van der Waals surface area contributed by atoms with Gasteiger partial charge in [0.2, 0.25) is 0 Å². The van der Waals surface area contributed by atoms with Crippen molar-refractivity contribution in [1.82, 2.24) is 0 Å². The molecule has 66 valence electrons. The van der Waals surface area contributed by atoms with Crippen molar-refractivity contribution >= 4 is 24.3 Å². The highest BCUT2D eigenvalue weighted by atomic mass is 35.5. The molecule has 0 bridgehead atoms. The lowest BCUT2D eigenvalue weighted by Crippen LogP contribution is -2.40. The SMILES string of the molecule is C[C@@H](C(=O)O)[C@H](N)C(=O)O.Cl. The summed E-state index contributed by atoms with van der Waals surface area (Å²) in [5.41, 5.74) is 4.98. The lowest BCUT2D eigenvalue weighted by molar-refractivity contribution is -0.149. The van der Waals surface area contributed by atoms with E-state index in [1.165, 1.54) is 6.92 Å². The Bertz CT molecular complexity index is 143. The second kappa shape index (κ2) is 4.92. The standard InChI is InChI=1S/C5H9NO4.ClH/c1-2(4(7)8)3(6)5(9)10;/h2-3H,6H2,1H3,(H,7,8)(H,9,10);1H/t2-,3+;/m1./s1. The molecule has 0 aromatic rings. The molecule has 0 rings (SSSR count). The van der Waals surface area contributed by atoms with Gasteiger partial charge < -0.3 is 15.9 Å². The van der Waals surface area contributed by atoms with E-state index in [1.807, 2.05) is 0 Å². The second-order valence-corrected chi connectivity index (χ2v) is 1.99. The fourth-order valence-corrected chi connectivity index (χ4v) is 0.367. The summed E-state index contributed by atoms with van der Waals surface area (Å²) >= 11 is 0. The fourth-order valence-electron chi connectivity index (χ4n) is 0.367. The fraction of sp³-hybridized carbons (Fsp3) is 0.600. The first-order chi connectivity index (χ1) is 4.46. The Kier molecular flexibility index (Phi) is 5.74. The van der Waals surface area contributed by atoms with Crippen LogP contribution in [0, 0.1) is 5.92 Å². The zero-order valence-corrected chi connectivity index (χ0v) is 6.67. The van der Waals surface area contributed by atoms with Crippen LogP contribution in [0.4, 0.5) is 0 Å². The Morgan fingerprint density at radius 2 is 1.64 bits per heavy atom. The topological polar surface area (TPSA) is 101 Å². The van der Waals surface area contributed by atoms with E-state index in [0.717, 1.165) is 0 Å². The summed E-state index contributed by atoms with van der Waals surface area (Å²) in [6, 6.07) is -1.32. The van der Waals surface area contributed by atoms with Crippen molar-refractivity contribution in [1.29, 1.82) is 0 Å². The summed E-state index contributed by atoms with van der Waals surface area (Å²) in [6.07, 6.45) is 0. The predicted molar refractivity (Wildman–Crippen MR) is 39.7 cm³/mol. The van der Waals surface area contributed by atoms with Crippen LogP contribution in [0.2, 0.25) is 0 Å². The quantitative estimate of drug-likeness (QED) is 0.550. The highest BCUT2D eigenvalue weighted by molar-refractivity contribution is 5.85. The van der Waals surface area contributed by atoms with Crippen molar-refractivity contribution in [3.05, 3.63) is 0 Å². The van der Waals surface area contributed by atoms with Crippen molar-refractivity contribution in [3.63, 3.8) is 0 Å². The molecule has 0 aromatic carbocycles. The van der Waals surface area contributed by atoms with Crippen LogP contribution < -0.4 is 5.73 Å². The number of carbonyl (C=O) groups is 2. The molecule has 0 fully saturated rings. The molecule has 0 spiro atoms. The Balaban J connectivity index is 0. The van der Waals surface area contributed by atoms with Gasteiger partial charge in [0.05, 0.1) is 5.92 Å². The van der Waals surface area contributed by atoms with Crippen LogP contribution in [0.25, 0.3) is 0 Å². The number of aliphatic carboxylic acids is 2. The Morgan fingerprint density at radius 3 is 1.73 bits per heavy atom. The molecule has 0 aliphatic carbocycles. The number of hydrogen-bond donors (Lipinski definition) is 3. The number of carboxylic acid groups (broad SMARTS) is 2. The summed E-state index contributed by atoms with van der Waals surface area (Å²) < 4.78 is 0. The van der Waals surface area contributed by atoms with Crippen LogP contribution in [-0.4, -0.2) is 28.2 Å². The predicted octanol–water partition coefficient (Wildman–Crippen LogP) is -0.459. The van der Waals surface area contributed by atoms with Crippen molar-refractivity contribution in [3.8, 4) is 0 Å². The van der Waals surface area contributed by atoms with Crippen LogP contribution in [0.15, 0.2) is 0 Å². The average Bonchev–Trinajstić information content (AvgIpc) is 1.84. The van der Waals surface area contributed by atoms with Gasteiger partial charge in [0.25, 0.3) is 0 Å². The van der Waals surface area contributed by atoms with Gasteiger partial charge in [-0.2, -0.15) is 0 Å². The third-order valence-corrected chi connectivity index (χ3v) is 1.21. The maximum atomic E-state index is 10.1. The number of carboxylic acids is 2. The molecule has 0 aliphatic heterocycles. The van der Waals surface area contributed by atoms with Gasteiger partial charge in [-0.05, 0) is 6.92 Å². The molecule has 11 heavy (non-hydrogen) atoms. The lowest BCUT2D eigenvalue weighted by Gasteiger charge is -2.09. The van der Waals surface area contributed by atoms with Gasteiger partial charge in [0.1, 0.15) is 6.04 Å². The molecule has 5 nitrogen and oxygen atoms in total. The third kappa shape index (κ3) is 3.79. The van der Waals surface area contributed by atoms with Crippen molar-refractivity contribution in [2.45, 2.75) is 13.0 Å². The lowest BCUT2D eigenvalue weighted by atomic mass is 10.0. The Hall–Kier alpha value is -0.810. The minimum Gasteiger partial charge on any atom is -0.481 e. The van der Waals surface area contributed by atoms with Gasteiger partial charge in [0.15, 0.2) is 0 Å². The second-order valence-electron chi connectivity index (χ2n) is 1.99. The van der Waals surface area contributed by atoms with E-state index in [1.54, 1.807) is 0 Å². The van der Waals surface area contributed by atoms with Crippen LogP contribution in [-0.2, 0) is 9.59 Å². The smallest absolute Gasteiger partial charge is 0.321 e. The van der Waals surface area contributed by atoms with Crippen LogP contribution in [0.5, 0.6) is 0 Å². The van der Waals surface area contributed by atoms with E-state index >= 15 is 0 Å². The summed E-state index contributed by atoms with van der Waals surface area (Å²) in [4.78, 5) is 20.2. The van der Waals surface area contributed by atoms with E-state index in [2.05, 4.69) is 0 Å². The van der Waals surface area contributed by atoms with Crippen LogP contribution >= 0.6 is 12.4 Å². The molecule has 0 saturated carbocycles. The minimum absolute atomic E-state index is 0. The van der Waals surface area contributed by atoms with Gasteiger partial charge in [-0.3, -0.25) is 9.59 Å². The summed E-state index contributed by atoms with van der Waals surface area (Å²) in [7, 11) is 0. The largest absolute Gasteiger partial charge is 0.481 e. The van der Waals surface area contributed by atoms with E-state index in [4.69, 9.17) is 15.9 Å². The molecule has 0 amide bonds. The van der Waals surface area contributed by atoms with E-state index in [0.29, 0.717) is 0 Å². The molecule has 0 saturated heterocycles. The van der Waals surface area contributed by atoms with Crippen molar-refractivity contribution < 1.29 is 19.8 Å². The molecule has 6 heteroatoms. The third-order valence-electron chi connectivity index (χ3n) is 1.21. The van der Waals surface area contributed by atoms with Crippen LogP contribution in [0.3, 0.4) is 0 Å². The normalized spacial score (nSPS) is 14.4. The van der Waals surface area contributed by atoms with Gasteiger partial charge in [-0.15, -0.1) is 12.4 Å². The molecular weight excluding hydrogens is 174 g/mol. The maximum Gasteiger partial charge on any atom is 0.321 e. The monoisotopic (exact) mass is 183 g/mol. The van der Waals surface area contributed by atoms with E-state index in [9.17, 15) is 9.59 Å². The van der Waals surface area contributed by atoms with Gasteiger partial charge in [-0.25, -0.2) is 0 Å². The molecule has 0 unspecified atom stereocenters. The van der Waals surface area contributed by atoms with Gasteiger partial charge in [-0.1, -0.05) is 0 Å². The first kappa shape index (κ1) is 12.8. The highest BCUT2D eigenvalue weighted by Gasteiger charge is 2.25. The molecule has 0 heterocycles. The van der Waals surface area contributed by atoms with Gasteiger partial charge >= 0.3 is 11.9 Å². The number of rotatable bonds is 3. The summed E-state index contributed by atoms with van der Waals surface area (Å²) in [5.74, 6) is -3.54. The van der Waals surface area contributed by atoms with Crippen LogP contribution in [0.1, 0.15) is 6.92 Å². The first-order valence-corrected chi connectivity index (χ1v) is 2.68. The molecule has 2 atom stereocenters. The zero-order valence-electron chi connectivity index (χ0n) is 5.85. The Labute approximate surface area is 69.6 Å². The number of hydrogen-bond acceptors (Lipinski definition) is 3. The van der Waals surface area contributed by atoms with Gasteiger partial charge in [0, 0.05) is 0 Å². The molecule has 0 aromatic heterocycles. The molecule has 0 aliphatic rings. The van der Waals surface area contributed by atoms with E-state index < -0.39 is 23.9 Å². The molecule has 0 radical (unpaired) electrons. The molecule has 4 N–H and O–H groups in total. The Morgan fingerprint density at radius 1 is 1.27 bits per heavy atom. The maximum absolute atomic E-state index is 10.1. The summed E-state index contributed by atoms with van der Waals surface area (Å²) in [5, 5.41) is 16.5.